The second-order valence-electron chi connectivity index (χ2n) is 5.44. The van der Waals surface area contributed by atoms with Gasteiger partial charge < -0.3 is 0 Å². The van der Waals surface area contributed by atoms with Crippen molar-refractivity contribution in [1.82, 2.24) is 20.0 Å². The van der Waals surface area contributed by atoms with E-state index in [-0.39, 0.29) is 17.3 Å². The van der Waals surface area contributed by atoms with Crippen LogP contribution in [0, 0.1) is 6.92 Å². The van der Waals surface area contributed by atoms with Crippen molar-refractivity contribution < 1.29 is 9.59 Å². The topological polar surface area (TPSA) is 80.6 Å². The minimum Gasteiger partial charge on any atom is -0.294 e. The summed E-state index contributed by atoms with van der Waals surface area (Å²) in [6.07, 6.45) is 0. The van der Waals surface area contributed by atoms with Crippen LogP contribution in [0.3, 0.4) is 0 Å². The molecule has 1 N–H and O–H groups in total. The number of Topliss-reactive ketones (excluding diaryl/α,β-unsaturated/α-hetero) is 2. The average molecular weight is 387 g/mol. The number of nitrogens with zero attached hydrogens (tertiary/aromatic N) is 3. The maximum atomic E-state index is 11.9. The summed E-state index contributed by atoms with van der Waals surface area (Å²) in [6.45, 7) is 4.57. The Hall–Kier alpha value is -2.54. The summed E-state index contributed by atoms with van der Waals surface area (Å²) in [5.74, 6) is 0.0530. The molecule has 0 aliphatic heterocycles. The highest BCUT2D eigenvalue weighted by Crippen LogP contribution is 2.32. The molecule has 2 heterocycles. The van der Waals surface area contributed by atoms with Crippen LogP contribution in [0.2, 0.25) is 0 Å². The fraction of sp³-hybridized carbons (Fsp3) is 0.176. The molecule has 24 heavy (non-hydrogen) atoms. The molecule has 0 spiro atoms. The SMILES string of the molecule is CC(=O)c1nn(-c2n[nH]c(-c3ccccc3)c2Br)c(C)c1C(C)=O. The summed E-state index contributed by atoms with van der Waals surface area (Å²) in [5.41, 5.74) is 2.84. The van der Waals surface area contributed by atoms with E-state index in [9.17, 15) is 9.59 Å². The number of carbonyl (C=O) groups is 2. The molecule has 0 unspecified atom stereocenters. The van der Waals surface area contributed by atoms with Gasteiger partial charge in [-0.25, -0.2) is 4.68 Å². The first-order chi connectivity index (χ1) is 11.4. The molecule has 1 aromatic carbocycles. The summed E-state index contributed by atoms with van der Waals surface area (Å²) < 4.78 is 2.23. The van der Waals surface area contributed by atoms with Crippen molar-refractivity contribution in [3.8, 4) is 17.1 Å². The van der Waals surface area contributed by atoms with Gasteiger partial charge in [-0.1, -0.05) is 30.3 Å². The fourth-order valence-electron chi connectivity index (χ4n) is 2.63. The lowest BCUT2D eigenvalue weighted by atomic mass is 10.1. The van der Waals surface area contributed by atoms with Gasteiger partial charge in [-0.15, -0.1) is 0 Å². The van der Waals surface area contributed by atoms with E-state index in [1.165, 1.54) is 18.5 Å². The second-order valence-corrected chi connectivity index (χ2v) is 6.23. The molecule has 122 valence electrons. The quantitative estimate of drug-likeness (QED) is 0.692. The second kappa shape index (κ2) is 6.16. The van der Waals surface area contributed by atoms with Gasteiger partial charge in [0, 0.05) is 12.5 Å². The standard InChI is InChI=1S/C17H15BrN4O2/c1-9-13(10(2)23)15(11(3)24)21-22(9)17-14(18)16(19-20-17)12-7-5-4-6-8-12/h4-8H,1-3H3,(H,19,20). The lowest BCUT2D eigenvalue weighted by Crippen LogP contribution is -2.02. The van der Waals surface area contributed by atoms with E-state index in [0.29, 0.717) is 21.5 Å². The Kier molecular flexibility index (Phi) is 4.19. The third-order valence-electron chi connectivity index (χ3n) is 3.75. The zero-order chi connectivity index (χ0) is 17.4. The predicted molar refractivity (Wildman–Crippen MR) is 93.6 cm³/mol. The van der Waals surface area contributed by atoms with Gasteiger partial charge in [-0.2, -0.15) is 10.2 Å². The third-order valence-corrected chi connectivity index (χ3v) is 4.51. The van der Waals surface area contributed by atoms with Crippen LogP contribution < -0.4 is 0 Å². The summed E-state index contributed by atoms with van der Waals surface area (Å²) in [6, 6.07) is 9.72. The first-order valence-electron chi connectivity index (χ1n) is 7.33. The highest BCUT2D eigenvalue weighted by molar-refractivity contribution is 9.10. The smallest absolute Gasteiger partial charge is 0.190 e. The molecule has 2 aromatic heterocycles. The zero-order valence-electron chi connectivity index (χ0n) is 13.4. The minimum atomic E-state index is -0.253. The largest absolute Gasteiger partial charge is 0.294 e. The molecule has 6 nitrogen and oxygen atoms in total. The van der Waals surface area contributed by atoms with Crippen molar-refractivity contribution in [1.29, 1.82) is 0 Å². The number of aromatic amines is 1. The molecule has 0 saturated heterocycles. The number of nitrogens with one attached hydrogen (secondary N) is 1. The number of benzene rings is 1. The van der Waals surface area contributed by atoms with E-state index in [2.05, 4.69) is 31.2 Å². The number of ketones is 2. The van der Waals surface area contributed by atoms with Crippen LogP contribution in [0.1, 0.15) is 40.4 Å². The van der Waals surface area contributed by atoms with E-state index in [1.807, 2.05) is 30.3 Å². The Morgan fingerprint density at radius 3 is 2.33 bits per heavy atom. The van der Waals surface area contributed by atoms with Crippen molar-refractivity contribution in [2.24, 2.45) is 0 Å². The lowest BCUT2D eigenvalue weighted by molar-refractivity contribution is 0.0978. The summed E-state index contributed by atoms with van der Waals surface area (Å²) in [5, 5.41) is 11.6. The number of H-pyrrole nitrogens is 1. The van der Waals surface area contributed by atoms with Crippen LogP contribution in [-0.2, 0) is 0 Å². The molecule has 0 amide bonds. The van der Waals surface area contributed by atoms with Crippen LogP contribution >= 0.6 is 15.9 Å². The van der Waals surface area contributed by atoms with Crippen LogP contribution in [0.15, 0.2) is 34.8 Å². The molecule has 0 saturated carbocycles. The van der Waals surface area contributed by atoms with E-state index in [0.717, 1.165) is 11.3 Å². The summed E-state index contributed by atoms with van der Waals surface area (Å²) in [4.78, 5) is 23.7. The normalized spacial score (nSPS) is 10.8. The monoisotopic (exact) mass is 386 g/mol. The molecule has 0 radical (unpaired) electrons. The summed E-state index contributed by atoms with van der Waals surface area (Å²) in [7, 11) is 0. The van der Waals surface area contributed by atoms with Gasteiger partial charge in [0.25, 0.3) is 0 Å². The van der Waals surface area contributed by atoms with E-state index >= 15 is 0 Å². The van der Waals surface area contributed by atoms with Crippen molar-refractivity contribution >= 4 is 27.5 Å². The maximum Gasteiger partial charge on any atom is 0.190 e. The van der Waals surface area contributed by atoms with Gasteiger partial charge in [0.05, 0.1) is 21.4 Å². The number of carbonyl (C=O) groups excluding carboxylic acids is 2. The van der Waals surface area contributed by atoms with Gasteiger partial charge in [0.1, 0.15) is 5.69 Å². The van der Waals surface area contributed by atoms with Crippen molar-refractivity contribution in [2.45, 2.75) is 20.8 Å². The Morgan fingerprint density at radius 2 is 1.79 bits per heavy atom. The highest BCUT2D eigenvalue weighted by atomic mass is 79.9. The first-order valence-corrected chi connectivity index (χ1v) is 8.12. The first kappa shape index (κ1) is 16.3. The number of rotatable bonds is 4. The minimum absolute atomic E-state index is 0.163. The molecule has 0 aliphatic rings. The van der Waals surface area contributed by atoms with E-state index in [4.69, 9.17) is 0 Å². The van der Waals surface area contributed by atoms with Crippen molar-refractivity contribution in [3.05, 3.63) is 51.8 Å². The van der Waals surface area contributed by atoms with Crippen LogP contribution in [0.25, 0.3) is 17.1 Å². The fourth-order valence-corrected chi connectivity index (χ4v) is 3.21. The Balaban J connectivity index is 2.18. The van der Waals surface area contributed by atoms with Crippen LogP contribution in [0.5, 0.6) is 0 Å². The van der Waals surface area contributed by atoms with Gasteiger partial charge >= 0.3 is 0 Å². The number of hydrogen-bond donors (Lipinski definition) is 1. The predicted octanol–water partition coefficient (Wildman–Crippen LogP) is 3.74. The maximum absolute atomic E-state index is 11.9. The molecule has 3 aromatic rings. The molecule has 3 rings (SSSR count). The highest BCUT2D eigenvalue weighted by Gasteiger charge is 2.24. The third kappa shape index (κ3) is 2.60. The summed E-state index contributed by atoms with van der Waals surface area (Å²) >= 11 is 3.54. The van der Waals surface area contributed by atoms with Crippen LogP contribution in [0.4, 0.5) is 0 Å². The Bertz CT molecular complexity index is 941. The molecule has 7 heteroatoms. The Labute approximate surface area is 147 Å². The van der Waals surface area contributed by atoms with Crippen molar-refractivity contribution in [3.63, 3.8) is 0 Å². The molecular weight excluding hydrogens is 372 g/mol. The number of halogens is 1. The molecule has 0 aliphatic carbocycles. The van der Waals surface area contributed by atoms with E-state index in [1.54, 1.807) is 6.92 Å². The van der Waals surface area contributed by atoms with Gasteiger partial charge in [0.2, 0.25) is 0 Å². The lowest BCUT2D eigenvalue weighted by Gasteiger charge is -2.02. The molecule has 0 atom stereocenters. The van der Waals surface area contributed by atoms with Gasteiger partial charge in [0.15, 0.2) is 17.4 Å². The molecular formula is C17H15BrN4O2. The average Bonchev–Trinajstić information content (AvgIpc) is 3.08. The van der Waals surface area contributed by atoms with Crippen LogP contribution in [-0.4, -0.2) is 31.5 Å². The van der Waals surface area contributed by atoms with Gasteiger partial charge in [-0.3, -0.25) is 14.7 Å². The van der Waals surface area contributed by atoms with E-state index < -0.39 is 0 Å². The Morgan fingerprint density at radius 1 is 1.12 bits per heavy atom. The van der Waals surface area contributed by atoms with Crippen molar-refractivity contribution in [2.75, 3.05) is 0 Å². The number of aromatic nitrogens is 4. The number of hydrogen-bond acceptors (Lipinski definition) is 4. The van der Waals surface area contributed by atoms with Gasteiger partial charge in [-0.05, 0) is 29.8 Å². The molecule has 0 bridgehead atoms. The zero-order valence-corrected chi connectivity index (χ0v) is 15.0. The molecule has 0 fully saturated rings.